The molecule has 0 radical (unpaired) electrons. The summed E-state index contributed by atoms with van der Waals surface area (Å²) in [5.74, 6) is -0.448. The number of guanidine groups is 2. The Morgan fingerprint density at radius 1 is 1.02 bits per heavy atom. The zero-order valence-corrected chi connectivity index (χ0v) is 25.2. The number of halogens is 4. The van der Waals surface area contributed by atoms with Crippen LogP contribution in [-0.2, 0) is 6.54 Å². The highest BCUT2D eigenvalue weighted by atomic mass is 35.5. The molecule has 3 aromatic carbocycles. The van der Waals surface area contributed by atoms with Crippen LogP contribution in [0.5, 0.6) is 0 Å². The number of amides is 1. The van der Waals surface area contributed by atoms with Crippen molar-refractivity contribution in [3.8, 4) is 0 Å². The molecule has 0 bridgehead atoms. The number of hydrogen-bond acceptors (Lipinski definition) is 2. The molecule has 0 saturated heterocycles. The second-order valence-corrected chi connectivity index (χ2v) is 11.2. The van der Waals surface area contributed by atoms with Crippen molar-refractivity contribution in [2.45, 2.75) is 63.7 Å². The van der Waals surface area contributed by atoms with Gasteiger partial charge in [-0.2, -0.15) is 18.2 Å². The second kappa shape index (κ2) is 15.0. The number of anilines is 1. The fraction of sp³-hybridized carbons (Fsp3) is 0.344. The van der Waals surface area contributed by atoms with Crippen molar-refractivity contribution < 1.29 is 23.5 Å². The number of nitrogens with two attached hydrogens (primary N) is 2. The third-order valence-electron chi connectivity index (χ3n) is 7.55. The molecular weight excluding hydrogens is 591 g/mol. The largest absolute Gasteiger partial charge is 0.408 e. The average molecular weight is 627 g/mol. The first-order valence-corrected chi connectivity index (χ1v) is 14.8. The van der Waals surface area contributed by atoms with Crippen molar-refractivity contribution >= 4 is 35.1 Å². The van der Waals surface area contributed by atoms with E-state index in [1.165, 1.54) is 24.8 Å². The third-order valence-corrected chi connectivity index (χ3v) is 7.80. The topological polar surface area (TPSA) is 121 Å². The number of nitrogens with one attached hydrogen (secondary N) is 1. The smallest absolute Gasteiger partial charge is 0.363 e. The van der Waals surface area contributed by atoms with Gasteiger partial charge >= 0.3 is 6.18 Å². The molecule has 5 N–H and O–H groups in total. The summed E-state index contributed by atoms with van der Waals surface area (Å²) >= 11 is 6.05. The summed E-state index contributed by atoms with van der Waals surface area (Å²) in [5.41, 5.74) is 14.2. The summed E-state index contributed by atoms with van der Waals surface area (Å²) in [5, 5.41) is 6.94. The fourth-order valence-electron chi connectivity index (χ4n) is 5.19. The zero-order valence-electron chi connectivity index (χ0n) is 24.4. The number of nitrogens with zero attached hydrogens (tertiary/aromatic N) is 4. The summed E-state index contributed by atoms with van der Waals surface area (Å²) < 4.78 is 40.4. The second-order valence-electron chi connectivity index (χ2n) is 10.8. The van der Waals surface area contributed by atoms with Crippen molar-refractivity contribution in [1.29, 1.82) is 0 Å². The van der Waals surface area contributed by atoms with Gasteiger partial charge in [-0.1, -0.05) is 67.3 Å². The van der Waals surface area contributed by atoms with Crippen molar-refractivity contribution in [3.05, 3.63) is 100 Å². The minimum absolute atomic E-state index is 0.0530. The van der Waals surface area contributed by atoms with Crippen molar-refractivity contribution in [2.75, 3.05) is 11.4 Å². The molecule has 1 unspecified atom stereocenters. The molecule has 0 spiro atoms. The predicted molar refractivity (Wildman–Crippen MR) is 167 cm³/mol. The summed E-state index contributed by atoms with van der Waals surface area (Å²) in [6, 6.07) is 21.2. The Balaban J connectivity index is 1.69. The maximum Gasteiger partial charge on any atom is 0.408 e. The lowest BCUT2D eigenvalue weighted by molar-refractivity contribution is -0.207. The van der Waals surface area contributed by atoms with Crippen molar-refractivity contribution in [3.63, 3.8) is 0 Å². The molecule has 1 atom stereocenters. The average Bonchev–Trinajstić information content (AvgIpc) is 3.02. The number of alkyl halides is 3. The van der Waals surface area contributed by atoms with Crippen LogP contribution in [-0.4, -0.2) is 30.5 Å². The van der Waals surface area contributed by atoms with E-state index in [2.05, 4.69) is 32.5 Å². The highest BCUT2D eigenvalue weighted by Crippen LogP contribution is 2.34. The van der Waals surface area contributed by atoms with Crippen LogP contribution in [0.3, 0.4) is 0 Å². The Bertz CT molecular complexity index is 1470. The monoisotopic (exact) mass is 626 g/mol. The number of carbonyl (C=O) groups excluding carboxylic acids is 1. The Labute approximate surface area is 259 Å². The van der Waals surface area contributed by atoms with Crippen LogP contribution in [0.15, 0.2) is 87.9 Å². The third kappa shape index (κ3) is 9.37. The van der Waals surface area contributed by atoms with Gasteiger partial charge in [-0.3, -0.25) is 4.79 Å². The fourth-order valence-corrected chi connectivity index (χ4v) is 5.31. The molecule has 1 aliphatic carbocycles. The van der Waals surface area contributed by atoms with Gasteiger partial charge < -0.3 is 16.0 Å². The van der Waals surface area contributed by atoms with Gasteiger partial charge in [0, 0.05) is 21.4 Å². The lowest BCUT2D eigenvalue weighted by Crippen LogP contribution is -2.43. The number of benzene rings is 3. The van der Waals surface area contributed by atoms with Gasteiger partial charge in [-0.05, 0) is 78.8 Å². The van der Waals surface area contributed by atoms with E-state index in [4.69, 9.17) is 22.9 Å². The van der Waals surface area contributed by atoms with Gasteiger partial charge in [0.15, 0.2) is 5.96 Å². The predicted octanol–water partition coefficient (Wildman–Crippen LogP) is 6.33. The Kier molecular flexibility index (Phi) is 11.1. The molecule has 44 heavy (non-hydrogen) atoms. The van der Waals surface area contributed by atoms with E-state index in [1.54, 1.807) is 41.3 Å². The van der Waals surface area contributed by atoms with Gasteiger partial charge in [-0.25, -0.2) is 4.99 Å². The molecule has 1 amide bonds. The van der Waals surface area contributed by atoms with E-state index in [0.717, 1.165) is 24.0 Å². The van der Waals surface area contributed by atoms with E-state index in [9.17, 15) is 18.0 Å². The molecule has 0 aliphatic heterocycles. The first kappa shape index (κ1) is 32.7. The molecule has 0 heterocycles. The SMILES string of the molecule is CC(NC(=NCC(F)(F)F)N(Cc1ccc(C(=O)N=C(N)N=[NH2+])cc1)c1ccc(C2CCCCC2)cc1)c1ccc(Cl)cc1. The standard InChI is InChI=1S/C32H35ClF3N7O/c1-21(23-11-15-27(33)16-12-23)40-31(39-20-32(34,35)36)43(28-17-13-25(14-18-28)24-5-3-2-4-6-24)19-22-7-9-26(10-8-22)29(44)41-30(37)42-38/h7-18,21,24,38H,2-6,19-20H2,1H3,(H,39,40)(H2,37,41,44)/p+1. The van der Waals surface area contributed by atoms with Crippen molar-refractivity contribution in [1.82, 2.24) is 5.32 Å². The van der Waals surface area contributed by atoms with Crippen LogP contribution in [0.2, 0.25) is 5.02 Å². The van der Waals surface area contributed by atoms with E-state index < -0.39 is 18.6 Å². The number of carbonyl (C=O) groups is 1. The summed E-state index contributed by atoms with van der Waals surface area (Å²) in [4.78, 5) is 21.7. The number of hydrogen-bond donors (Lipinski definition) is 3. The van der Waals surface area contributed by atoms with Gasteiger partial charge in [0.25, 0.3) is 11.9 Å². The lowest BCUT2D eigenvalue weighted by atomic mass is 9.84. The van der Waals surface area contributed by atoms with Crippen LogP contribution in [0, 0.1) is 0 Å². The lowest BCUT2D eigenvalue weighted by Gasteiger charge is -2.30. The summed E-state index contributed by atoms with van der Waals surface area (Å²) in [7, 11) is 0. The zero-order chi connectivity index (χ0) is 31.7. The van der Waals surface area contributed by atoms with Crippen LogP contribution in [0.1, 0.15) is 78.0 Å². The van der Waals surface area contributed by atoms with Crippen molar-refractivity contribution in [2.24, 2.45) is 20.8 Å². The molecule has 232 valence electrons. The molecule has 4 rings (SSSR count). The molecule has 12 heteroatoms. The molecular formula is C32H36ClF3N7O+. The maximum atomic E-state index is 13.5. The molecule has 3 aromatic rings. The van der Waals surface area contributed by atoms with Crippen LogP contribution < -0.4 is 21.5 Å². The molecule has 8 nitrogen and oxygen atoms in total. The van der Waals surface area contributed by atoms with Crippen LogP contribution >= 0.6 is 11.6 Å². The normalized spacial score (nSPS) is 15.5. The van der Waals surface area contributed by atoms with E-state index in [-0.39, 0.29) is 30.1 Å². The molecule has 1 fully saturated rings. The Morgan fingerprint density at radius 2 is 1.66 bits per heavy atom. The van der Waals surface area contributed by atoms with Gasteiger partial charge in [-0.15, -0.1) is 5.53 Å². The Morgan fingerprint density at radius 3 is 2.25 bits per heavy atom. The summed E-state index contributed by atoms with van der Waals surface area (Å²) in [6.07, 6.45) is 1.37. The van der Waals surface area contributed by atoms with E-state index in [1.807, 2.05) is 31.2 Å². The van der Waals surface area contributed by atoms with Crippen LogP contribution in [0.25, 0.3) is 0 Å². The highest BCUT2D eigenvalue weighted by Gasteiger charge is 2.28. The van der Waals surface area contributed by atoms with Gasteiger partial charge in [0.1, 0.15) is 6.54 Å². The van der Waals surface area contributed by atoms with E-state index in [0.29, 0.717) is 16.6 Å². The number of aliphatic imine (C=N–C) groups is 2. The first-order valence-electron chi connectivity index (χ1n) is 14.4. The minimum atomic E-state index is -4.51. The molecule has 0 aromatic heterocycles. The minimum Gasteiger partial charge on any atom is -0.363 e. The van der Waals surface area contributed by atoms with Gasteiger partial charge in [0.05, 0.1) is 12.6 Å². The van der Waals surface area contributed by atoms with E-state index >= 15 is 0 Å². The maximum absolute atomic E-state index is 13.5. The quantitative estimate of drug-likeness (QED) is 0.154. The number of rotatable bonds is 8. The first-order chi connectivity index (χ1) is 21.0. The Hall–Kier alpha value is -4.25. The molecule has 1 aliphatic rings. The highest BCUT2D eigenvalue weighted by molar-refractivity contribution is 6.30. The van der Waals surface area contributed by atoms with Gasteiger partial charge in [0.2, 0.25) is 0 Å². The van der Waals surface area contributed by atoms with Crippen LogP contribution in [0.4, 0.5) is 18.9 Å². The summed E-state index contributed by atoms with van der Waals surface area (Å²) in [6.45, 7) is 0.646. The molecule has 1 saturated carbocycles.